The summed E-state index contributed by atoms with van der Waals surface area (Å²) in [6, 6.07) is 0. The molecule has 18 N–H and O–H groups in total. The van der Waals surface area contributed by atoms with E-state index in [9.17, 15) is 96.7 Å². The Morgan fingerprint density at radius 3 is 1.53 bits per heavy atom. The lowest BCUT2D eigenvalue weighted by Crippen LogP contribution is -2.68. The van der Waals surface area contributed by atoms with Gasteiger partial charge in [-0.25, -0.2) is 0 Å². The Balaban J connectivity index is 0.942. The normalized spacial score (nSPS) is 53.6. The minimum Gasteiger partial charge on any atom is -0.432 e. The highest BCUT2D eigenvalue weighted by Gasteiger charge is 2.72. The molecule has 0 amide bonds. The fraction of sp³-hybridized carbons (Fsp3) is 0.933. The quantitative estimate of drug-likeness (QED) is 0.0537. The smallest absolute Gasteiger partial charge is 0.317 e. The van der Waals surface area contributed by atoms with Gasteiger partial charge in [0.15, 0.2) is 18.9 Å². The van der Waals surface area contributed by atoms with Crippen LogP contribution >= 0.6 is 0 Å². The van der Waals surface area contributed by atoms with Gasteiger partial charge in [-0.2, -0.15) is 0 Å². The number of fused-ring (bicyclic) bond motifs is 7. The molecule has 90 heavy (non-hydrogen) atoms. The number of carbonyl (C=O) groups excluding carboxylic acids is 2. The van der Waals surface area contributed by atoms with E-state index < -0.39 is 244 Å². The number of esters is 2. The number of rotatable bonds is 15. The number of aliphatic hydroxyl groups is 18. The van der Waals surface area contributed by atoms with Crippen molar-refractivity contribution in [2.24, 2.45) is 50.2 Å². The van der Waals surface area contributed by atoms with Gasteiger partial charge in [0.25, 0.3) is 0 Å². The summed E-state index contributed by atoms with van der Waals surface area (Å²) in [5, 5.41) is 195. The third kappa shape index (κ3) is 11.6. The minimum absolute atomic E-state index is 0.0934. The first-order valence-electron chi connectivity index (χ1n) is 31.5. The zero-order chi connectivity index (χ0) is 65.9. The highest BCUT2D eigenvalue weighted by Crippen LogP contribution is 2.76. The maximum atomic E-state index is 15.7. The molecule has 5 aliphatic heterocycles. The average Bonchev–Trinajstić information content (AvgIpc) is 0.676. The van der Waals surface area contributed by atoms with Crippen molar-refractivity contribution in [3.63, 3.8) is 0 Å². The summed E-state index contributed by atoms with van der Waals surface area (Å²) >= 11 is 0. The second-order valence-corrected chi connectivity index (χ2v) is 28.9. The van der Waals surface area contributed by atoms with E-state index in [1.807, 2.05) is 0 Å². The Morgan fingerprint density at radius 1 is 0.467 bits per heavy atom. The van der Waals surface area contributed by atoms with Gasteiger partial charge in [-0.15, -0.1) is 0 Å². The van der Waals surface area contributed by atoms with Gasteiger partial charge < -0.3 is 139 Å². The predicted octanol–water partition coefficient (Wildman–Crippen LogP) is -5.71. The van der Waals surface area contributed by atoms with E-state index in [0.29, 0.717) is 51.4 Å². The molecule has 34 atom stereocenters. The van der Waals surface area contributed by atoms with Crippen LogP contribution in [0, 0.1) is 50.2 Å². The fourth-order valence-electron chi connectivity index (χ4n) is 17.7. The zero-order valence-corrected chi connectivity index (χ0v) is 51.4. The van der Waals surface area contributed by atoms with E-state index in [1.54, 1.807) is 6.92 Å². The van der Waals surface area contributed by atoms with Gasteiger partial charge in [-0.05, 0) is 111 Å². The summed E-state index contributed by atoms with van der Waals surface area (Å²) in [4.78, 5) is 30.3. The molecule has 30 heteroatoms. The average molecular weight is 1300 g/mol. The first-order valence-corrected chi connectivity index (χ1v) is 31.5. The van der Waals surface area contributed by atoms with E-state index in [-0.39, 0.29) is 24.2 Å². The molecule has 0 unspecified atom stereocenters. The number of hydrogen-bond donors (Lipinski definition) is 18. The number of ether oxygens (including phenoxy) is 10. The molecule has 0 bridgehead atoms. The van der Waals surface area contributed by atoms with Crippen LogP contribution in [0.1, 0.15) is 106 Å². The van der Waals surface area contributed by atoms with Crippen LogP contribution in [0.5, 0.6) is 0 Å². The lowest BCUT2D eigenvalue weighted by atomic mass is 9.33. The Morgan fingerprint density at radius 2 is 0.944 bits per heavy atom. The molecule has 5 aliphatic carbocycles. The van der Waals surface area contributed by atoms with Crippen molar-refractivity contribution in [3.8, 4) is 0 Å². The second-order valence-electron chi connectivity index (χ2n) is 28.9. The van der Waals surface area contributed by atoms with Crippen LogP contribution in [-0.2, 0) is 57.0 Å². The first kappa shape index (κ1) is 70.4. The highest BCUT2D eigenvalue weighted by molar-refractivity contribution is 5.79. The predicted molar refractivity (Wildman–Crippen MR) is 297 cm³/mol. The summed E-state index contributed by atoms with van der Waals surface area (Å²) in [6.07, 6.45) is -41.0. The molecule has 10 rings (SSSR count). The number of aliphatic hydroxyl groups excluding tert-OH is 18. The molecule has 0 aromatic carbocycles. The van der Waals surface area contributed by atoms with Crippen molar-refractivity contribution in [2.45, 2.75) is 265 Å². The van der Waals surface area contributed by atoms with Crippen molar-refractivity contribution < 1.29 is 149 Å². The first-order chi connectivity index (χ1) is 42.2. The Bertz CT molecular complexity index is 2540. The van der Waals surface area contributed by atoms with Crippen LogP contribution in [0.25, 0.3) is 0 Å². The molecular weight excluding hydrogens is 1200 g/mol. The molecule has 30 nitrogen and oxygen atoms in total. The Hall–Kier alpha value is -2.36. The van der Waals surface area contributed by atoms with Crippen LogP contribution in [0.3, 0.4) is 0 Å². The van der Waals surface area contributed by atoms with Crippen molar-refractivity contribution >= 4 is 11.9 Å². The summed E-state index contributed by atoms with van der Waals surface area (Å²) in [5.41, 5.74) is -3.75. The third-order valence-corrected chi connectivity index (χ3v) is 23.6. The standard InChI is InChI=1S/C60H96O30/c1-55(2)13-15-60(16-14-57(4)23(24(60)17-55)7-8-30-56(3)11-10-32(65)59(6,31(56)9-12-58(30,57)5)53(79)89-50-44(77)40(73)35(68)27(20-63)84-50)54(80)90-51-45(78)46(37(70)29(86-51)22-81-48-42(75)38(71)33(66)25(18-61)82-48)87-52-47(41(74)36(69)28(21-64)85-52)88-49-43(76)39(72)34(67)26(19-62)83-49/h7,24-52,61-78H,8-22H2,1-6H3/t24-,25+,26+,27+,28+,29+,30+,31+,32-,33+,34+,35+,36-,37-,38-,39-,40-,41-,42+,43+,44+,45+,46-,47+,48+,49-,50-,51-,52-,56+,57+,58+,59-,60-/m0/s1. The molecule has 9 fully saturated rings. The zero-order valence-electron chi connectivity index (χ0n) is 51.4. The summed E-state index contributed by atoms with van der Waals surface area (Å²) < 4.78 is 58.8. The van der Waals surface area contributed by atoms with Gasteiger partial charge in [0.1, 0.15) is 122 Å². The van der Waals surface area contributed by atoms with E-state index in [2.05, 4.69) is 40.7 Å². The third-order valence-electron chi connectivity index (χ3n) is 23.6. The van der Waals surface area contributed by atoms with Gasteiger partial charge in [-0.3, -0.25) is 9.59 Å². The van der Waals surface area contributed by atoms with E-state index in [0.717, 1.165) is 5.57 Å². The highest BCUT2D eigenvalue weighted by atomic mass is 16.8. The van der Waals surface area contributed by atoms with E-state index >= 15 is 4.79 Å². The Kier molecular flexibility index (Phi) is 20.5. The van der Waals surface area contributed by atoms with Crippen molar-refractivity contribution in [1.29, 1.82) is 0 Å². The molecule has 0 radical (unpaired) electrons. The van der Waals surface area contributed by atoms with Gasteiger partial charge >= 0.3 is 11.9 Å². The van der Waals surface area contributed by atoms with Gasteiger partial charge in [0.2, 0.25) is 12.6 Å². The molecule has 0 aromatic rings. The Labute approximate surface area is 519 Å². The van der Waals surface area contributed by atoms with Crippen LogP contribution in [0.2, 0.25) is 0 Å². The molecule has 0 spiro atoms. The molecule has 4 saturated carbocycles. The fourth-order valence-corrected chi connectivity index (χ4v) is 17.7. The number of allylic oxidation sites excluding steroid dienone is 2. The molecular formula is C60H96O30. The monoisotopic (exact) mass is 1300 g/mol. The van der Waals surface area contributed by atoms with Crippen LogP contribution in [0.15, 0.2) is 11.6 Å². The minimum atomic E-state index is -2.18. The molecule has 5 saturated heterocycles. The van der Waals surface area contributed by atoms with Gasteiger partial charge in [0.05, 0.1) is 50.0 Å². The van der Waals surface area contributed by atoms with Crippen LogP contribution < -0.4 is 0 Å². The van der Waals surface area contributed by atoms with Crippen molar-refractivity contribution in [3.05, 3.63) is 11.6 Å². The summed E-state index contributed by atoms with van der Waals surface area (Å²) in [7, 11) is 0. The van der Waals surface area contributed by atoms with Crippen molar-refractivity contribution in [1.82, 2.24) is 0 Å². The van der Waals surface area contributed by atoms with Crippen LogP contribution in [0.4, 0.5) is 0 Å². The molecule has 516 valence electrons. The second kappa shape index (κ2) is 26.2. The maximum Gasteiger partial charge on any atom is 0.317 e. The maximum absolute atomic E-state index is 15.7. The topological polar surface area (TPSA) is 491 Å². The molecule has 0 aromatic heterocycles. The lowest BCUT2D eigenvalue weighted by Gasteiger charge is -2.71. The lowest BCUT2D eigenvalue weighted by molar-refractivity contribution is -0.389. The number of carbonyl (C=O) groups is 2. The largest absolute Gasteiger partial charge is 0.432 e. The number of hydrogen-bond acceptors (Lipinski definition) is 30. The van der Waals surface area contributed by atoms with Crippen molar-refractivity contribution in [2.75, 3.05) is 33.0 Å². The van der Waals surface area contributed by atoms with Crippen LogP contribution in [-0.4, -0.2) is 297 Å². The molecule has 10 aliphatic rings. The van der Waals surface area contributed by atoms with E-state index in [1.165, 1.54) is 0 Å². The van der Waals surface area contributed by atoms with Gasteiger partial charge in [0, 0.05) is 0 Å². The van der Waals surface area contributed by atoms with Gasteiger partial charge in [-0.1, -0.05) is 46.3 Å². The molecule has 5 heterocycles. The van der Waals surface area contributed by atoms with E-state index in [4.69, 9.17) is 47.4 Å². The summed E-state index contributed by atoms with van der Waals surface area (Å²) in [6.45, 7) is 8.26. The summed E-state index contributed by atoms with van der Waals surface area (Å²) in [5.74, 6) is -2.67. The SMILES string of the molecule is CC1(C)CC[C@]2(C(=O)O[C@@H]3O[C@H](CO[C@@H]4O[C@H](CO)[C@@H](O)[C@H](O)[C@H]4O)[C@H](O)[C@H](O[C@@H]4O[C@H](CO)[C@H](O)[C@H](O)[C@H]4O[C@@H]4O[C@H](CO)[C@@H](O)[C@H](O)[C@H]4O)[C@H]3O)CC[C@]3(C)C(=CC[C@@H]4[C@@]5(C)CC[C@H](O)[C@@](C)(C(=O)O[C@@H]6O[C@H](CO)[C@@H](O)[C@H](O)[C@H]6O)[C@@H]5CC[C@]43C)[C@@H]2C1.